The quantitative estimate of drug-likeness (QED) is 0.0665. The summed E-state index contributed by atoms with van der Waals surface area (Å²) in [7, 11) is 1.63. The maximum absolute atomic E-state index is 11.9. The monoisotopic (exact) mass is 547 g/mol. The maximum Gasteiger partial charge on any atom is 0.266 e. The Morgan fingerprint density at radius 2 is 0.892 bits per heavy atom. The molecule has 0 aromatic heterocycles. The van der Waals surface area contributed by atoms with E-state index in [1.165, 1.54) is 116 Å². The van der Waals surface area contributed by atoms with Gasteiger partial charge in [-0.25, -0.2) is 0 Å². The van der Waals surface area contributed by atoms with Crippen LogP contribution in [0.2, 0.25) is 0 Å². The molecule has 0 spiro atoms. The third-order valence-electron chi connectivity index (χ3n) is 8.64. The Bertz CT molecular complexity index is 558. The molecule has 0 fully saturated rings. The van der Waals surface area contributed by atoms with E-state index in [2.05, 4.69) is 35.0 Å². The van der Waals surface area contributed by atoms with Gasteiger partial charge in [-0.05, 0) is 26.7 Å². The molecular formula is C31H66NO4P. The SMILES string of the molecule is CCCCCCCCCCCCC(CCCCCCCCCCCC)(C(C)(C)OP(=O)([O-])O)[N+](C)(C)C. The van der Waals surface area contributed by atoms with Crippen LogP contribution in [0, 0.1) is 0 Å². The lowest BCUT2D eigenvalue weighted by molar-refractivity contribution is -0.933. The standard InChI is InChI=1S/C31H66NO4P/c1-8-10-12-14-16-18-20-22-24-26-28-31(32(5,6)7,30(3,4)36-37(33,34)35)29-27-25-23-21-19-17-15-13-11-9-2/h8-29H2,1-7H3,(H-,33,34,35). The van der Waals surface area contributed by atoms with Crippen LogP contribution >= 0.6 is 7.82 Å². The second kappa shape index (κ2) is 20.0. The minimum absolute atomic E-state index is 0.393. The van der Waals surface area contributed by atoms with Crippen LogP contribution in [0.15, 0.2) is 0 Å². The summed E-state index contributed by atoms with van der Waals surface area (Å²) in [5.74, 6) is 0. The number of hydrogen-bond donors (Lipinski definition) is 1. The molecule has 0 saturated carbocycles. The fourth-order valence-electron chi connectivity index (χ4n) is 6.39. The number of hydrogen-bond acceptors (Lipinski definition) is 3. The zero-order valence-corrected chi connectivity index (χ0v) is 27.0. The Morgan fingerprint density at radius 1 is 0.622 bits per heavy atom. The van der Waals surface area contributed by atoms with Crippen LogP contribution in [0.3, 0.4) is 0 Å². The van der Waals surface area contributed by atoms with Crippen molar-refractivity contribution in [1.82, 2.24) is 0 Å². The van der Waals surface area contributed by atoms with E-state index in [1.807, 2.05) is 13.8 Å². The summed E-state index contributed by atoms with van der Waals surface area (Å²) in [6, 6.07) is 0. The summed E-state index contributed by atoms with van der Waals surface area (Å²) < 4.78 is 17.9. The van der Waals surface area contributed by atoms with Gasteiger partial charge in [-0.3, -0.25) is 4.57 Å². The average Bonchev–Trinajstić information content (AvgIpc) is 2.77. The summed E-state index contributed by atoms with van der Waals surface area (Å²) in [5, 5.41) is 0. The van der Waals surface area contributed by atoms with Gasteiger partial charge in [0.05, 0.1) is 21.1 Å². The average molecular weight is 548 g/mol. The zero-order valence-electron chi connectivity index (χ0n) is 26.1. The lowest BCUT2D eigenvalue weighted by atomic mass is 9.72. The Hall–Kier alpha value is 0.0700. The molecule has 5 nitrogen and oxygen atoms in total. The van der Waals surface area contributed by atoms with E-state index in [1.54, 1.807) is 0 Å². The fourth-order valence-corrected chi connectivity index (χ4v) is 7.14. The molecule has 1 unspecified atom stereocenters. The predicted octanol–water partition coefficient (Wildman–Crippen LogP) is 9.31. The summed E-state index contributed by atoms with van der Waals surface area (Å²) in [6.07, 6.45) is 27.4. The normalized spacial score (nSPS) is 14.7. The minimum atomic E-state index is -4.84. The zero-order chi connectivity index (χ0) is 28.3. The highest BCUT2D eigenvalue weighted by Crippen LogP contribution is 2.49. The van der Waals surface area contributed by atoms with E-state index in [4.69, 9.17) is 4.52 Å². The highest BCUT2D eigenvalue weighted by molar-refractivity contribution is 7.44. The van der Waals surface area contributed by atoms with Crippen molar-refractivity contribution in [2.45, 2.75) is 180 Å². The van der Waals surface area contributed by atoms with E-state index in [9.17, 15) is 14.4 Å². The summed E-state index contributed by atoms with van der Waals surface area (Å²) in [4.78, 5) is 21.5. The van der Waals surface area contributed by atoms with E-state index in [0.29, 0.717) is 4.48 Å². The van der Waals surface area contributed by atoms with Crippen LogP contribution in [-0.2, 0) is 9.09 Å². The van der Waals surface area contributed by atoms with Gasteiger partial charge >= 0.3 is 0 Å². The molecule has 0 rings (SSSR count). The molecule has 0 heterocycles. The number of nitrogens with zero attached hydrogens (tertiary/aromatic N) is 1. The lowest BCUT2D eigenvalue weighted by Gasteiger charge is -2.55. The van der Waals surface area contributed by atoms with Crippen molar-refractivity contribution in [3.8, 4) is 0 Å². The van der Waals surface area contributed by atoms with Gasteiger partial charge in [0.25, 0.3) is 7.82 Å². The topological polar surface area (TPSA) is 69.6 Å². The van der Waals surface area contributed by atoms with Crippen molar-refractivity contribution < 1.29 is 23.4 Å². The third-order valence-corrected chi connectivity index (χ3v) is 9.32. The Balaban J connectivity index is 4.92. The number of phosphoric ester groups is 1. The third kappa shape index (κ3) is 16.7. The summed E-state index contributed by atoms with van der Waals surface area (Å²) >= 11 is 0. The second-order valence-electron chi connectivity index (χ2n) is 13.0. The van der Waals surface area contributed by atoms with Crippen LogP contribution in [0.4, 0.5) is 0 Å². The molecule has 0 aliphatic carbocycles. The van der Waals surface area contributed by atoms with Gasteiger partial charge in [0.2, 0.25) is 0 Å². The Morgan fingerprint density at radius 3 is 1.14 bits per heavy atom. The fraction of sp³-hybridized carbons (Fsp3) is 1.00. The molecule has 0 amide bonds. The molecule has 0 bridgehead atoms. The first-order valence-corrected chi connectivity index (χ1v) is 17.4. The first-order chi connectivity index (χ1) is 17.3. The lowest BCUT2D eigenvalue weighted by Crippen LogP contribution is -2.68. The van der Waals surface area contributed by atoms with Gasteiger partial charge in [-0.1, -0.05) is 129 Å². The molecular weight excluding hydrogens is 481 g/mol. The van der Waals surface area contributed by atoms with Gasteiger partial charge in [0.15, 0.2) is 0 Å². The summed E-state index contributed by atoms with van der Waals surface area (Å²) in [6.45, 7) is 8.25. The number of rotatable bonds is 26. The van der Waals surface area contributed by atoms with Crippen molar-refractivity contribution in [3.63, 3.8) is 0 Å². The molecule has 1 atom stereocenters. The predicted molar refractivity (Wildman–Crippen MR) is 159 cm³/mol. The van der Waals surface area contributed by atoms with E-state index in [0.717, 1.165) is 25.7 Å². The maximum atomic E-state index is 11.9. The van der Waals surface area contributed by atoms with Crippen LogP contribution in [-0.4, -0.2) is 41.7 Å². The smallest absolute Gasteiger partial charge is 0.266 e. The molecule has 1 N–H and O–H groups in total. The Kier molecular flexibility index (Phi) is 20.1. The molecule has 0 aromatic rings. The number of likely N-dealkylation sites (N-methyl/N-ethyl adjacent to an activating group) is 1. The first kappa shape index (κ1) is 37.1. The molecule has 224 valence electrons. The highest BCUT2D eigenvalue weighted by Gasteiger charge is 2.55. The van der Waals surface area contributed by atoms with Gasteiger partial charge < -0.3 is 18.8 Å². The van der Waals surface area contributed by atoms with Gasteiger partial charge in [0.1, 0.15) is 11.1 Å². The molecule has 0 aromatic carbocycles. The van der Waals surface area contributed by atoms with Crippen molar-refractivity contribution in [2.24, 2.45) is 0 Å². The van der Waals surface area contributed by atoms with E-state index < -0.39 is 19.0 Å². The molecule has 0 aliphatic rings. The number of quaternary nitrogens is 1. The molecule has 0 aliphatic heterocycles. The van der Waals surface area contributed by atoms with E-state index in [-0.39, 0.29) is 0 Å². The van der Waals surface area contributed by atoms with Crippen LogP contribution in [0.25, 0.3) is 0 Å². The van der Waals surface area contributed by atoms with Crippen molar-refractivity contribution in [3.05, 3.63) is 0 Å². The van der Waals surface area contributed by atoms with Crippen molar-refractivity contribution >= 4 is 7.82 Å². The first-order valence-electron chi connectivity index (χ1n) is 15.9. The van der Waals surface area contributed by atoms with Crippen LogP contribution in [0.1, 0.15) is 169 Å². The van der Waals surface area contributed by atoms with Gasteiger partial charge in [0, 0.05) is 12.8 Å². The van der Waals surface area contributed by atoms with Crippen LogP contribution < -0.4 is 4.89 Å². The van der Waals surface area contributed by atoms with Crippen molar-refractivity contribution in [1.29, 1.82) is 0 Å². The molecule has 6 heteroatoms. The van der Waals surface area contributed by atoms with Crippen molar-refractivity contribution in [2.75, 3.05) is 21.1 Å². The Labute approximate surface area is 232 Å². The minimum Gasteiger partial charge on any atom is -0.756 e. The summed E-state index contributed by atoms with van der Waals surface area (Å²) in [5.41, 5.74) is -1.38. The molecule has 37 heavy (non-hydrogen) atoms. The molecule has 0 saturated heterocycles. The largest absolute Gasteiger partial charge is 0.756 e. The van der Waals surface area contributed by atoms with Crippen LogP contribution in [0.5, 0.6) is 0 Å². The van der Waals surface area contributed by atoms with Gasteiger partial charge in [-0.15, -0.1) is 0 Å². The second-order valence-corrected chi connectivity index (χ2v) is 14.1. The van der Waals surface area contributed by atoms with Gasteiger partial charge in [-0.2, -0.15) is 0 Å². The number of phosphoric acid groups is 1. The highest BCUT2D eigenvalue weighted by atomic mass is 31.2. The number of unbranched alkanes of at least 4 members (excludes halogenated alkanes) is 18. The van der Waals surface area contributed by atoms with E-state index >= 15 is 0 Å². The molecule has 0 radical (unpaired) electrons.